The van der Waals surface area contributed by atoms with Crippen LogP contribution in [0.15, 0.2) is 46.4 Å². The zero-order chi connectivity index (χ0) is 17.0. The highest BCUT2D eigenvalue weighted by molar-refractivity contribution is 7.89. The number of carbonyl (C=O) groups is 1. The summed E-state index contributed by atoms with van der Waals surface area (Å²) in [5.41, 5.74) is 2.44. The van der Waals surface area contributed by atoms with Crippen LogP contribution in [0.2, 0.25) is 0 Å². The van der Waals surface area contributed by atoms with Crippen molar-refractivity contribution in [1.29, 1.82) is 0 Å². The van der Waals surface area contributed by atoms with E-state index in [1.165, 1.54) is 40.2 Å². The number of thiazole rings is 1. The van der Waals surface area contributed by atoms with E-state index in [1.54, 1.807) is 22.6 Å². The third-order valence-corrected chi connectivity index (χ3v) is 6.16. The van der Waals surface area contributed by atoms with Crippen LogP contribution in [0.4, 0.5) is 0 Å². The summed E-state index contributed by atoms with van der Waals surface area (Å²) in [5.74, 6) is -0.138. The molecule has 0 atom stereocenters. The van der Waals surface area contributed by atoms with Gasteiger partial charge in [-0.25, -0.2) is 13.4 Å². The van der Waals surface area contributed by atoms with Crippen LogP contribution in [0.5, 0.6) is 0 Å². The van der Waals surface area contributed by atoms with Gasteiger partial charge in [-0.3, -0.25) is 9.78 Å². The van der Waals surface area contributed by atoms with Gasteiger partial charge in [-0.15, -0.1) is 11.3 Å². The lowest BCUT2D eigenvalue weighted by molar-refractivity contribution is -0.127. The lowest BCUT2D eigenvalue weighted by Crippen LogP contribution is -2.50. The summed E-state index contributed by atoms with van der Waals surface area (Å²) >= 11 is 1.46. The van der Waals surface area contributed by atoms with Gasteiger partial charge in [-0.1, -0.05) is 0 Å². The second-order valence-corrected chi connectivity index (χ2v) is 7.82. The Morgan fingerprint density at radius 2 is 2.04 bits per heavy atom. The molecule has 24 heavy (non-hydrogen) atoms. The summed E-state index contributed by atoms with van der Waals surface area (Å²) in [7, 11) is -3.55. The van der Waals surface area contributed by atoms with Crippen LogP contribution < -0.4 is 0 Å². The lowest BCUT2D eigenvalue weighted by atomic mass is 10.3. The number of sulfonamides is 1. The molecule has 3 heterocycles. The highest BCUT2D eigenvalue weighted by atomic mass is 32.2. The number of rotatable bonds is 4. The van der Waals surface area contributed by atoms with Gasteiger partial charge in [-0.05, 0) is 18.2 Å². The lowest BCUT2D eigenvalue weighted by Gasteiger charge is -2.33. The summed E-state index contributed by atoms with van der Waals surface area (Å²) in [6, 6.07) is 3.12. The Kier molecular flexibility index (Phi) is 5.03. The maximum Gasteiger partial charge on any atom is 0.246 e. The number of piperazine rings is 1. The highest BCUT2D eigenvalue weighted by Gasteiger charge is 2.29. The van der Waals surface area contributed by atoms with Crippen molar-refractivity contribution in [2.45, 2.75) is 4.90 Å². The fraction of sp³-hybridized carbons (Fsp3) is 0.267. The Morgan fingerprint density at radius 3 is 2.67 bits per heavy atom. The van der Waals surface area contributed by atoms with Crippen LogP contribution in [0.25, 0.3) is 6.08 Å². The number of hydrogen-bond acceptors (Lipinski definition) is 6. The average molecular weight is 364 g/mol. The summed E-state index contributed by atoms with van der Waals surface area (Å²) in [6.07, 6.45) is 6.01. The van der Waals surface area contributed by atoms with E-state index in [0.29, 0.717) is 13.1 Å². The first-order valence-corrected chi connectivity index (χ1v) is 9.71. The van der Waals surface area contributed by atoms with Crippen molar-refractivity contribution in [3.63, 3.8) is 0 Å². The fourth-order valence-corrected chi connectivity index (χ4v) is 4.27. The zero-order valence-electron chi connectivity index (χ0n) is 12.8. The predicted octanol–water partition coefficient (Wildman–Crippen LogP) is 1.08. The SMILES string of the molecule is O=C(/C=C/c1cscn1)N1CCN(S(=O)(=O)c2cccnc2)CC1. The third kappa shape index (κ3) is 3.69. The van der Waals surface area contributed by atoms with Gasteiger partial charge in [0, 0.05) is 50.0 Å². The Hall–Kier alpha value is -2.10. The van der Waals surface area contributed by atoms with E-state index >= 15 is 0 Å². The maximum absolute atomic E-state index is 12.5. The normalized spacial score (nSPS) is 16.6. The Bertz CT molecular complexity index is 812. The molecule has 2 aromatic rings. The number of aromatic nitrogens is 2. The minimum atomic E-state index is -3.55. The fourth-order valence-electron chi connectivity index (χ4n) is 2.36. The molecule has 0 aliphatic carbocycles. The molecule has 1 aliphatic heterocycles. The second-order valence-electron chi connectivity index (χ2n) is 5.16. The van der Waals surface area contributed by atoms with Crippen molar-refractivity contribution in [2.75, 3.05) is 26.2 Å². The van der Waals surface area contributed by atoms with Crippen molar-refractivity contribution in [3.05, 3.63) is 47.2 Å². The van der Waals surface area contributed by atoms with Gasteiger partial charge in [0.1, 0.15) is 4.90 Å². The van der Waals surface area contributed by atoms with Crippen LogP contribution in [0, 0.1) is 0 Å². The number of hydrogen-bond donors (Lipinski definition) is 0. The molecule has 0 spiro atoms. The molecule has 9 heteroatoms. The molecule has 0 unspecified atom stereocenters. The van der Waals surface area contributed by atoms with E-state index in [-0.39, 0.29) is 23.9 Å². The summed E-state index contributed by atoms with van der Waals surface area (Å²) in [6.45, 7) is 1.26. The van der Waals surface area contributed by atoms with Gasteiger partial charge in [0.25, 0.3) is 0 Å². The smallest absolute Gasteiger partial charge is 0.246 e. The summed E-state index contributed by atoms with van der Waals surface area (Å²) < 4.78 is 26.4. The van der Waals surface area contributed by atoms with Crippen LogP contribution in [0.3, 0.4) is 0 Å². The average Bonchev–Trinajstić information content (AvgIpc) is 3.14. The van der Waals surface area contributed by atoms with Crippen molar-refractivity contribution in [1.82, 2.24) is 19.2 Å². The standard InChI is InChI=1S/C15H16N4O3S2/c20-15(4-3-13-11-23-12-17-13)18-6-8-19(9-7-18)24(21,22)14-2-1-5-16-10-14/h1-5,10-12H,6-9H2/b4-3+. The van der Waals surface area contributed by atoms with Gasteiger partial charge in [-0.2, -0.15) is 4.31 Å². The molecular weight excluding hydrogens is 348 g/mol. The van der Waals surface area contributed by atoms with Crippen molar-refractivity contribution >= 4 is 33.3 Å². The molecular formula is C15H16N4O3S2. The molecule has 0 N–H and O–H groups in total. The minimum absolute atomic E-state index is 0.138. The van der Waals surface area contributed by atoms with Crippen LogP contribution in [-0.2, 0) is 14.8 Å². The van der Waals surface area contributed by atoms with Crippen LogP contribution in [-0.4, -0.2) is 59.7 Å². The Labute approximate surface area is 144 Å². The van der Waals surface area contributed by atoms with Gasteiger partial charge in [0.2, 0.25) is 15.9 Å². The molecule has 126 valence electrons. The molecule has 0 bridgehead atoms. The third-order valence-electron chi connectivity index (χ3n) is 3.67. The Balaban J connectivity index is 1.60. The van der Waals surface area contributed by atoms with Gasteiger partial charge in [0.05, 0.1) is 11.2 Å². The molecule has 1 aliphatic rings. The van der Waals surface area contributed by atoms with E-state index in [0.717, 1.165) is 5.69 Å². The van der Waals surface area contributed by atoms with E-state index in [9.17, 15) is 13.2 Å². The minimum Gasteiger partial charge on any atom is -0.337 e. The number of amides is 1. The number of carbonyl (C=O) groups excluding carboxylic acids is 1. The molecule has 0 saturated carbocycles. The van der Waals surface area contributed by atoms with Crippen molar-refractivity contribution in [2.24, 2.45) is 0 Å². The van der Waals surface area contributed by atoms with Gasteiger partial charge < -0.3 is 4.90 Å². The largest absolute Gasteiger partial charge is 0.337 e. The maximum atomic E-state index is 12.5. The molecule has 0 radical (unpaired) electrons. The zero-order valence-corrected chi connectivity index (χ0v) is 14.4. The first-order chi connectivity index (χ1) is 11.6. The van der Waals surface area contributed by atoms with E-state index in [2.05, 4.69) is 9.97 Å². The highest BCUT2D eigenvalue weighted by Crippen LogP contribution is 2.16. The van der Waals surface area contributed by atoms with E-state index < -0.39 is 10.0 Å². The van der Waals surface area contributed by atoms with E-state index in [1.807, 2.05) is 5.38 Å². The molecule has 1 amide bonds. The monoisotopic (exact) mass is 364 g/mol. The molecule has 1 saturated heterocycles. The molecule has 1 fully saturated rings. The summed E-state index contributed by atoms with van der Waals surface area (Å²) in [5, 5.41) is 1.85. The molecule has 7 nitrogen and oxygen atoms in total. The molecule has 2 aromatic heterocycles. The van der Waals surface area contributed by atoms with Crippen LogP contribution in [0.1, 0.15) is 5.69 Å². The molecule has 3 rings (SSSR count). The predicted molar refractivity (Wildman–Crippen MR) is 90.7 cm³/mol. The number of pyridine rings is 1. The topological polar surface area (TPSA) is 83.5 Å². The first kappa shape index (κ1) is 16.7. The Morgan fingerprint density at radius 1 is 1.25 bits per heavy atom. The quantitative estimate of drug-likeness (QED) is 0.758. The van der Waals surface area contributed by atoms with E-state index in [4.69, 9.17) is 0 Å². The molecule has 0 aromatic carbocycles. The van der Waals surface area contributed by atoms with Crippen molar-refractivity contribution < 1.29 is 13.2 Å². The van der Waals surface area contributed by atoms with Gasteiger partial charge in [0.15, 0.2) is 0 Å². The van der Waals surface area contributed by atoms with Crippen molar-refractivity contribution in [3.8, 4) is 0 Å². The van der Waals surface area contributed by atoms with Gasteiger partial charge >= 0.3 is 0 Å². The first-order valence-electron chi connectivity index (χ1n) is 7.33. The summed E-state index contributed by atoms with van der Waals surface area (Å²) in [4.78, 5) is 21.9. The number of nitrogens with zero attached hydrogens (tertiary/aromatic N) is 4. The second kappa shape index (κ2) is 7.20. The van der Waals surface area contributed by atoms with Crippen LogP contribution >= 0.6 is 11.3 Å².